The zero-order valence-corrected chi connectivity index (χ0v) is 15.8. The fourth-order valence-electron chi connectivity index (χ4n) is 2.74. The lowest BCUT2D eigenvalue weighted by atomic mass is 10.2. The summed E-state index contributed by atoms with van der Waals surface area (Å²) in [6.07, 6.45) is 0.402. The van der Waals surface area contributed by atoms with Gasteiger partial charge in [0.05, 0.1) is 11.5 Å². The molecule has 7 nitrogen and oxygen atoms in total. The van der Waals surface area contributed by atoms with Crippen LogP contribution in [0.4, 0.5) is 16.2 Å². The monoisotopic (exact) mass is 407 g/mol. The number of halogens is 1. The molecule has 3 rings (SSSR count). The first-order chi connectivity index (χ1) is 12.8. The van der Waals surface area contributed by atoms with E-state index in [1.54, 1.807) is 42.5 Å². The van der Waals surface area contributed by atoms with Gasteiger partial charge < -0.3 is 16.0 Å². The molecule has 1 saturated heterocycles. The van der Waals surface area contributed by atoms with E-state index in [1.807, 2.05) is 0 Å². The van der Waals surface area contributed by atoms with Crippen molar-refractivity contribution in [2.45, 2.75) is 12.5 Å². The SMILES string of the molecule is O=C(Nc1cccc(C(=O)Nc2ccc(Cl)cc2)c1)N[C@@H]1CCS(=O)(=O)C1. The second-order valence-corrected chi connectivity index (χ2v) is 8.91. The minimum Gasteiger partial charge on any atom is -0.334 e. The van der Waals surface area contributed by atoms with E-state index >= 15 is 0 Å². The van der Waals surface area contributed by atoms with Crippen molar-refractivity contribution in [3.8, 4) is 0 Å². The van der Waals surface area contributed by atoms with Crippen LogP contribution in [0.5, 0.6) is 0 Å². The molecule has 3 N–H and O–H groups in total. The van der Waals surface area contributed by atoms with E-state index in [0.29, 0.717) is 28.4 Å². The molecule has 0 saturated carbocycles. The molecular weight excluding hydrogens is 390 g/mol. The van der Waals surface area contributed by atoms with Crippen molar-refractivity contribution in [3.05, 3.63) is 59.1 Å². The fraction of sp³-hybridized carbons (Fsp3) is 0.222. The number of rotatable bonds is 4. The van der Waals surface area contributed by atoms with Gasteiger partial charge in [-0.2, -0.15) is 0 Å². The Kier molecular flexibility index (Phi) is 5.67. The Morgan fingerprint density at radius 2 is 1.74 bits per heavy atom. The predicted octanol–water partition coefficient (Wildman–Crippen LogP) is 2.90. The quantitative estimate of drug-likeness (QED) is 0.724. The highest BCUT2D eigenvalue weighted by Crippen LogP contribution is 2.17. The summed E-state index contributed by atoms with van der Waals surface area (Å²) < 4.78 is 22.9. The first-order valence-electron chi connectivity index (χ1n) is 8.26. The Bertz CT molecular complexity index is 961. The highest BCUT2D eigenvalue weighted by molar-refractivity contribution is 7.91. The van der Waals surface area contributed by atoms with Crippen molar-refractivity contribution in [2.75, 3.05) is 22.1 Å². The topological polar surface area (TPSA) is 104 Å². The van der Waals surface area contributed by atoms with E-state index in [4.69, 9.17) is 11.6 Å². The standard InChI is InChI=1S/C18H18ClN3O4S/c19-13-4-6-14(7-5-13)20-17(23)12-2-1-3-15(10-12)21-18(24)22-16-8-9-27(25,26)11-16/h1-7,10,16H,8-9,11H2,(H,20,23)(H2,21,22,24)/t16-/m1/s1. The average Bonchev–Trinajstić information content (AvgIpc) is 2.95. The van der Waals surface area contributed by atoms with Crippen molar-refractivity contribution in [1.29, 1.82) is 0 Å². The smallest absolute Gasteiger partial charge is 0.319 e. The lowest BCUT2D eigenvalue weighted by molar-refractivity contribution is 0.102. The third-order valence-corrected chi connectivity index (χ3v) is 6.07. The molecule has 2 aromatic carbocycles. The largest absolute Gasteiger partial charge is 0.334 e. The molecule has 1 aliphatic rings. The molecule has 3 amide bonds. The number of anilines is 2. The molecule has 27 heavy (non-hydrogen) atoms. The van der Waals surface area contributed by atoms with Crippen LogP contribution in [0.2, 0.25) is 5.02 Å². The molecule has 9 heteroatoms. The molecule has 0 aliphatic carbocycles. The molecule has 0 radical (unpaired) electrons. The van der Waals surface area contributed by atoms with E-state index in [-0.39, 0.29) is 17.4 Å². The van der Waals surface area contributed by atoms with Crippen LogP contribution in [-0.4, -0.2) is 37.9 Å². The summed E-state index contributed by atoms with van der Waals surface area (Å²) in [4.78, 5) is 24.4. The number of benzene rings is 2. The van der Waals surface area contributed by atoms with Gasteiger partial charge in [0.25, 0.3) is 5.91 Å². The Balaban J connectivity index is 1.60. The molecule has 1 atom stereocenters. The molecule has 2 aromatic rings. The molecule has 1 heterocycles. The van der Waals surface area contributed by atoms with Crippen LogP contribution in [0, 0.1) is 0 Å². The summed E-state index contributed by atoms with van der Waals surface area (Å²) in [5, 5.41) is 8.57. The lowest BCUT2D eigenvalue weighted by Crippen LogP contribution is -2.38. The first-order valence-corrected chi connectivity index (χ1v) is 10.5. The van der Waals surface area contributed by atoms with Gasteiger partial charge in [-0.3, -0.25) is 4.79 Å². The Morgan fingerprint density at radius 3 is 2.41 bits per heavy atom. The molecule has 0 unspecified atom stereocenters. The van der Waals surface area contributed by atoms with Crippen molar-refractivity contribution in [3.63, 3.8) is 0 Å². The molecule has 0 aromatic heterocycles. The van der Waals surface area contributed by atoms with Gasteiger partial charge in [-0.05, 0) is 48.9 Å². The number of carbonyl (C=O) groups is 2. The first kappa shape index (κ1) is 19.2. The van der Waals surface area contributed by atoms with Gasteiger partial charge in [-0.15, -0.1) is 0 Å². The van der Waals surface area contributed by atoms with Crippen LogP contribution in [0.15, 0.2) is 48.5 Å². The molecule has 1 fully saturated rings. The summed E-state index contributed by atoms with van der Waals surface area (Å²) in [7, 11) is -3.07. The summed E-state index contributed by atoms with van der Waals surface area (Å²) in [5.74, 6) is -0.300. The van der Waals surface area contributed by atoms with Gasteiger partial charge in [-0.1, -0.05) is 17.7 Å². The summed E-state index contributed by atoms with van der Waals surface area (Å²) in [5.41, 5.74) is 1.39. The van der Waals surface area contributed by atoms with Crippen molar-refractivity contribution in [1.82, 2.24) is 5.32 Å². The maximum Gasteiger partial charge on any atom is 0.319 e. The zero-order chi connectivity index (χ0) is 19.4. The number of sulfone groups is 1. The van der Waals surface area contributed by atoms with Crippen LogP contribution in [-0.2, 0) is 9.84 Å². The predicted molar refractivity (Wildman–Crippen MR) is 105 cm³/mol. The van der Waals surface area contributed by atoms with Crippen LogP contribution in [0.25, 0.3) is 0 Å². The minimum absolute atomic E-state index is 0.0516. The van der Waals surface area contributed by atoms with E-state index in [1.165, 1.54) is 6.07 Å². The van der Waals surface area contributed by atoms with Crippen molar-refractivity contribution < 1.29 is 18.0 Å². The maximum atomic E-state index is 12.3. The van der Waals surface area contributed by atoms with Gasteiger partial charge in [0.15, 0.2) is 9.84 Å². The minimum atomic E-state index is -3.07. The van der Waals surface area contributed by atoms with Gasteiger partial charge in [0.1, 0.15) is 0 Å². The summed E-state index contributed by atoms with van der Waals surface area (Å²) in [6, 6.07) is 12.3. The second-order valence-electron chi connectivity index (χ2n) is 6.24. The summed E-state index contributed by atoms with van der Waals surface area (Å²) in [6.45, 7) is 0. The summed E-state index contributed by atoms with van der Waals surface area (Å²) >= 11 is 5.82. The van der Waals surface area contributed by atoms with Crippen molar-refractivity contribution in [2.24, 2.45) is 0 Å². The van der Waals surface area contributed by atoms with Gasteiger partial charge >= 0.3 is 6.03 Å². The Morgan fingerprint density at radius 1 is 1.00 bits per heavy atom. The molecule has 1 aliphatic heterocycles. The van der Waals surface area contributed by atoms with E-state index in [9.17, 15) is 18.0 Å². The third kappa shape index (κ3) is 5.45. The number of urea groups is 1. The third-order valence-electron chi connectivity index (χ3n) is 4.05. The number of hydrogen-bond acceptors (Lipinski definition) is 4. The second kappa shape index (κ2) is 7.98. The highest BCUT2D eigenvalue weighted by atomic mass is 35.5. The van der Waals surface area contributed by atoms with Gasteiger partial charge in [0.2, 0.25) is 0 Å². The van der Waals surface area contributed by atoms with Crippen LogP contribution in [0.3, 0.4) is 0 Å². The molecular formula is C18H18ClN3O4S. The van der Waals surface area contributed by atoms with E-state index in [0.717, 1.165) is 0 Å². The number of amides is 3. The maximum absolute atomic E-state index is 12.3. The zero-order valence-electron chi connectivity index (χ0n) is 14.2. The highest BCUT2D eigenvalue weighted by Gasteiger charge is 2.28. The normalized spacial score (nSPS) is 17.9. The van der Waals surface area contributed by atoms with Gasteiger partial charge in [-0.25, -0.2) is 13.2 Å². The van der Waals surface area contributed by atoms with E-state index in [2.05, 4.69) is 16.0 Å². The fourth-order valence-corrected chi connectivity index (χ4v) is 4.54. The Hall–Kier alpha value is -2.58. The van der Waals surface area contributed by atoms with Gasteiger partial charge in [0, 0.05) is 28.0 Å². The number of nitrogens with one attached hydrogen (secondary N) is 3. The van der Waals surface area contributed by atoms with Crippen LogP contribution >= 0.6 is 11.6 Å². The average molecular weight is 408 g/mol. The number of hydrogen-bond donors (Lipinski definition) is 3. The van der Waals surface area contributed by atoms with Crippen LogP contribution < -0.4 is 16.0 Å². The Labute approximate surface area is 162 Å². The number of carbonyl (C=O) groups excluding carboxylic acids is 2. The van der Waals surface area contributed by atoms with Crippen molar-refractivity contribution >= 4 is 44.8 Å². The molecule has 0 spiro atoms. The van der Waals surface area contributed by atoms with Crippen LogP contribution in [0.1, 0.15) is 16.8 Å². The lowest BCUT2D eigenvalue weighted by Gasteiger charge is -2.13. The molecule has 142 valence electrons. The van der Waals surface area contributed by atoms with E-state index < -0.39 is 21.9 Å². The molecule has 0 bridgehead atoms.